The normalized spacial score (nSPS) is 10.8. The second-order valence-corrected chi connectivity index (χ2v) is 5.54. The van der Waals surface area contributed by atoms with E-state index in [4.69, 9.17) is 0 Å². The summed E-state index contributed by atoms with van der Waals surface area (Å²) in [5.74, 6) is 0.740. The number of aryl methyl sites for hydroxylation is 1. The Bertz CT molecular complexity index is 665. The molecule has 1 heteroatoms. The van der Waals surface area contributed by atoms with Gasteiger partial charge in [-0.1, -0.05) is 78.9 Å². The van der Waals surface area contributed by atoms with Crippen molar-refractivity contribution in [3.63, 3.8) is 0 Å². The number of rotatable bonds is 5. The molecule has 0 heterocycles. The highest BCUT2D eigenvalue weighted by atomic mass is 16.3. The first-order valence-corrected chi connectivity index (χ1v) is 7.71. The molecular weight excluding hydrogens is 268 g/mol. The lowest BCUT2D eigenvalue weighted by Gasteiger charge is -2.18. The van der Waals surface area contributed by atoms with Crippen molar-refractivity contribution in [1.29, 1.82) is 0 Å². The topological polar surface area (TPSA) is 20.2 Å². The third kappa shape index (κ3) is 3.37. The molecule has 0 bridgehead atoms. The van der Waals surface area contributed by atoms with Crippen molar-refractivity contribution in [3.8, 4) is 5.75 Å². The maximum absolute atomic E-state index is 9.96. The molecule has 3 rings (SSSR count). The molecular formula is C21H20O. The Balaban J connectivity index is 1.85. The second kappa shape index (κ2) is 6.95. The van der Waals surface area contributed by atoms with Gasteiger partial charge in [-0.15, -0.1) is 0 Å². The summed E-state index contributed by atoms with van der Waals surface area (Å²) in [7, 11) is 0. The molecule has 0 spiro atoms. The molecule has 0 saturated carbocycles. The number of benzene rings is 3. The van der Waals surface area contributed by atoms with Crippen LogP contribution in [0.5, 0.6) is 5.75 Å². The minimum atomic E-state index is 0.349. The zero-order chi connectivity index (χ0) is 15.2. The first kappa shape index (κ1) is 14.4. The van der Waals surface area contributed by atoms with Gasteiger partial charge in [0.25, 0.3) is 0 Å². The summed E-state index contributed by atoms with van der Waals surface area (Å²) in [6, 6.07) is 28.8. The summed E-state index contributed by atoms with van der Waals surface area (Å²) in [5, 5.41) is 9.96. The molecule has 0 aromatic heterocycles. The van der Waals surface area contributed by atoms with E-state index >= 15 is 0 Å². The number of phenols is 1. The van der Waals surface area contributed by atoms with Crippen LogP contribution in [0.1, 0.15) is 29.0 Å². The summed E-state index contributed by atoms with van der Waals surface area (Å²) in [6.45, 7) is 0. The fourth-order valence-electron chi connectivity index (χ4n) is 2.92. The lowest BCUT2D eigenvalue weighted by atomic mass is 9.86. The summed E-state index contributed by atoms with van der Waals surface area (Å²) < 4.78 is 0. The van der Waals surface area contributed by atoms with Crippen molar-refractivity contribution >= 4 is 0 Å². The van der Waals surface area contributed by atoms with Gasteiger partial charge in [0.15, 0.2) is 0 Å². The van der Waals surface area contributed by atoms with Crippen molar-refractivity contribution in [1.82, 2.24) is 0 Å². The van der Waals surface area contributed by atoms with Crippen molar-refractivity contribution in [3.05, 3.63) is 102 Å². The quantitative estimate of drug-likeness (QED) is 0.687. The van der Waals surface area contributed by atoms with Gasteiger partial charge < -0.3 is 5.11 Å². The van der Waals surface area contributed by atoms with E-state index in [0.29, 0.717) is 11.7 Å². The van der Waals surface area contributed by atoms with Crippen LogP contribution in [0.15, 0.2) is 84.9 Å². The van der Waals surface area contributed by atoms with Crippen LogP contribution in [0.2, 0.25) is 0 Å². The minimum absolute atomic E-state index is 0.349. The van der Waals surface area contributed by atoms with Gasteiger partial charge in [0.05, 0.1) is 0 Å². The van der Waals surface area contributed by atoms with Crippen molar-refractivity contribution in [2.24, 2.45) is 0 Å². The maximum atomic E-state index is 9.96. The molecule has 0 atom stereocenters. The summed E-state index contributed by atoms with van der Waals surface area (Å²) >= 11 is 0. The lowest BCUT2D eigenvalue weighted by Crippen LogP contribution is -2.03. The highest BCUT2D eigenvalue weighted by molar-refractivity contribution is 5.35. The Morgan fingerprint density at radius 2 is 1.14 bits per heavy atom. The Morgan fingerprint density at radius 3 is 1.68 bits per heavy atom. The molecule has 22 heavy (non-hydrogen) atoms. The van der Waals surface area contributed by atoms with Gasteiger partial charge >= 0.3 is 0 Å². The molecule has 1 nitrogen and oxygen atoms in total. The van der Waals surface area contributed by atoms with Crippen molar-refractivity contribution < 1.29 is 5.11 Å². The monoisotopic (exact) mass is 288 g/mol. The summed E-state index contributed by atoms with van der Waals surface area (Å²) in [4.78, 5) is 0. The van der Waals surface area contributed by atoms with Crippen LogP contribution >= 0.6 is 0 Å². The smallest absolute Gasteiger partial charge is 0.118 e. The molecule has 110 valence electrons. The molecule has 3 aromatic carbocycles. The van der Waals surface area contributed by atoms with Crippen molar-refractivity contribution in [2.75, 3.05) is 0 Å². The van der Waals surface area contributed by atoms with E-state index in [0.717, 1.165) is 18.4 Å². The zero-order valence-corrected chi connectivity index (χ0v) is 12.5. The van der Waals surface area contributed by atoms with Gasteiger partial charge in [-0.3, -0.25) is 0 Å². The number of hydrogen-bond acceptors (Lipinski definition) is 1. The molecule has 3 aromatic rings. The SMILES string of the molecule is Oc1ccccc1CCC(c1ccccc1)c1ccccc1. The zero-order valence-electron chi connectivity index (χ0n) is 12.5. The maximum Gasteiger partial charge on any atom is 0.118 e. The van der Waals surface area contributed by atoms with Crippen LogP contribution in [-0.2, 0) is 6.42 Å². The number of hydrogen-bond donors (Lipinski definition) is 1. The molecule has 0 amide bonds. The molecule has 0 aliphatic heterocycles. The predicted molar refractivity (Wildman–Crippen MR) is 91.2 cm³/mol. The summed E-state index contributed by atoms with van der Waals surface area (Å²) in [6.07, 6.45) is 1.84. The molecule has 0 aliphatic carbocycles. The summed E-state index contributed by atoms with van der Waals surface area (Å²) in [5.41, 5.74) is 3.66. The molecule has 0 aliphatic rings. The standard InChI is InChI=1S/C21H20O/c22-21-14-8-7-13-19(21)15-16-20(17-9-3-1-4-10-17)18-11-5-2-6-12-18/h1-14,20,22H,15-16H2. The fraction of sp³-hybridized carbons (Fsp3) is 0.143. The molecule has 0 saturated heterocycles. The fourth-order valence-corrected chi connectivity index (χ4v) is 2.92. The average Bonchev–Trinajstić information content (AvgIpc) is 2.59. The van der Waals surface area contributed by atoms with E-state index < -0.39 is 0 Å². The Hall–Kier alpha value is -2.54. The van der Waals surface area contributed by atoms with Crippen molar-refractivity contribution in [2.45, 2.75) is 18.8 Å². The number of para-hydroxylation sites is 1. The molecule has 1 N–H and O–H groups in total. The van der Waals surface area contributed by atoms with Crippen LogP contribution in [0.3, 0.4) is 0 Å². The van der Waals surface area contributed by atoms with E-state index in [1.807, 2.05) is 18.2 Å². The molecule has 0 fully saturated rings. The Kier molecular flexibility index (Phi) is 4.55. The van der Waals surface area contributed by atoms with Crippen LogP contribution in [0.4, 0.5) is 0 Å². The average molecular weight is 288 g/mol. The van der Waals surface area contributed by atoms with Gasteiger partial charge in [-0.25, -0.2) is 0 Å². The van der Waals surface area contributed by atoms with E-state index in [2.05, 4.69) is 60.7 Å². The minimum Gasteiger partial charge on any atom is -0.508 e. The van der Waals surface area contributed by atoms with Crippen LogP contribution in [-0.4, -0.2) is 5.11 Å². The van der Waals surface area contributed by atoms with Crippen LogP contribution < -0.4 is 0 Å². The Labute approximate surface area is 131 Å². The van der Waals surface area contributed by atoms with E-state index in [9.17, 15) is 5.11 Å². The predicted octanol–water partition coefficient (Wildman–Crippen LogP) is 5.16. The number of aromatic hydroxyl groups is 1. The van der Waals surface area contributed by atoms with Gasteiger partial charge in [-0.2, -0.15) is 0 Å². The Morgan fingerprint density at radius 1 is 0.636 bits per heavy atom. The number of phenolic OH excluding ortho intramolecular Hbond substituents is 1. The van der Waals surface area contributed by atoms with Gasteiger partial charge in [0.2, 0.25) is 0 Å². The first-order chi connectivity index (χ1) is 10.8. The largest absolute Gasteiger partial charge is 0.508 e. The van der Waals surface area contributed by atoms with Gasteiger partial charge in [0, 0.05) is 5.92 Å². The third-order valence-electron chi connectivity index (χ3n) is 4.10. The third-order valence-corrected chi connectivity index (χ3v) is 4.10. The van der Waals surface area contributed by atoms with Crippen LogP contribution in [0.25, 0.3) is 0 Å². The first-order valence-electron chi connectivity index (χ1n) is 7.71. The van der Waals surface area contributed by atoms with Gasteiger partial charge in [0.1, 0.15) is 5.75 Å². The van der Waals surface area contributed by atoms with E-state index in [1.54, 1.807) is 6.07 Å². The lowest BCUT2D eigenvalue weighted by molar-refractivity contribution is 0.466. The van der Waals surface area contributed by atoms with E-state index in [1.165, 1.54) is 11.1 Å². The van der Waals surface area contributed by atoms with Gasteiger partial charge in [-0.05, 0) is 35.6 Å². The molecule has 0 radical (unpaired) electrons. The molecule has 0 unspecified atom stereocenters. The highest BCUT2D eigenvalue weighted by Gasteiger charge is 2.14. The van der Waals surface area contributed by atoms with Crippen LogP contribution in [0, 0.1) is 0 Å². The second-order valence-electron chi connectivity index (χ2n) is 5.54. The highest BCUT2D eigenvalue weighted by Crippen LogP contribution is 2.30. The van der Waals surface area contributed by atoms with E-state index in [-0.39, 0.29) is 0 Å².